The van der Waals surface area contributed by atoms with Crippen molar-refractivity contribution in [3.63, 3.8) is 0 Å². The number of rotatable bonds is 5. The first-order valence-electron chi connectivity index (χ1n) is 6.50. The van der Waals surface area contributed by atoms with Crippen molar-refractivity contribution in [3.8, 4) is 0 Å². The van der Waals surface area contributed by atoms with Crippen LogP contribution in [0.3, 0.4) is 0 Å². The molecule has 0 heterocycles. The Morgan fingerprint density at radius 3 is 2.33 bits per heavy atom. The average molecular weight is 368 g/mol. The van der Waals surface area contributed by atoms with Crippen LogP contribution in [0.4, 0.5) is 13.2 Å². The number of nitrogens with one attached hydrogen (secondary N) is 1. The van der Waals surface area contributed by atoms with Gasteiger partial charge < -0.3 is 10.4 Å². The van der Waals surface area contributed by atoms with Gasteiger partial charge in [-0.05, 0) is 31.0 Å². The van der Waals surface area contributed by atoms with E-state index in [1.807, 2.05) is 0 Å². The summed E-state index contributed by atoms with van der Waals surface area (Å²) in [7, 11) is 0. The van der Waals surface area contributed by atoms with Crippen LogP contribution in [0.5, 0.6) is 0 Å². The lowest BCUT2D eigenvalue weighted by Crippen LogP contribution is -2.42. The van der Waals surface area contributed by atoms with Gasteiger partial charge in [0.1, 0.15) is 0 Å². The number of hydrogen-bond acceptors (Lipinski definition) is 2. The molecule has 0 radical (unpaired) electrons. The summed E-state index contributed by atoms with van der Waals surface area (Å²) in [6.07, 6.45) is -3.82. The van der Waals surface area contributed by atoms with Gasteiger partial charge in [-0.3, -0.25) is 4.79 Å². The highest BCUT2D eigenvalue weighted by molar-refractivity contribution is 9.10. The topological polar surface area (TPSA) is 49.3 Å². The molecule has 0 bridgehead atoms. The lowest BCUT2D eigenvalue weighted by Gasteiger charge is -2.25. The Bertz CT molecular complexity index is 513. The van der Waals surface area contributed by atoms with E-state index in [-0.39, 0.29) is 11.0 Å². The van der Waals surface area contributed by atoms with Gasteiger partial charge in [0.25, 0.3) is 5.91 Å². The highest BCUT2D eigenvalue weighted by Crippen LogP contribution is 2.33. The summed E-state index contributed by atoms with van der Waals surface area (Å²) >= 11 is 2.96. The number of alkyl halides is 3. The van der Waals surface area contributed by atoms with Gasteiger partial charge in [-0.15, -0.1) is 0 Å². The largest absolute Gasteiger partial charge is 0.417 e. The van der Waals surface area contributed by atoms with Gasteiger partial charge in [-0.2, -0.15) is 13.2 Å². The molecule has 0 aromatic heterocycles. The van der Waals surface area contributed by atoms with Crippen LogP contribution in [-0.4, -0.2) is 23.2 Å². The van der Waals surface area contributed by atoms with Gasteiger partial charge in [-0.1, -0.05) is 29.8 Å². The number of benzene rings is 1. The van der Waals surface area contributed by atoms with Gasteiger partial charge in [0, 0.05) is 11.0 Å². The first kappa shape index (κ1) is 18.0. The standard InChI is InChI=1S/C14H17BrF3NO2/c1-3-13(21,4-2)8-19-12(20)10-6-5-9(15)7-11(10)14(16,17)18/h5-7,21H,3-4,8H2,1-2H3,(H,19,20). The zero-order chi connectivity index (χ0) is 16.3. The van der Waals surface area contributed by atoms with Gasteiger partial charge in [0.15, 0.2) is 0 Å². The van der Waals surface area contributed by atoms with E-state index < -0.39 is 28.8 Å². The predicted molar refractivity (Wildman–Crippen MR) is 77.0 cm³/mol. The van der Waals surface area contributed by atoms with E-state index in [9.17, 15) is 23.1 Å². The summed E-state index contributed by atoms with van der Waals surface area (Å²) in [6, 6.07) is 3.34. The zero-order valence-corrected chi connectivity index (χ0v) is 13.3. The maximum atomic E-state index is 12.9. The first-order chi connectivity index (χ1) is 9.63. The molecule has 0 saturated carbocycles. The van der Waals surface area contributed by atoms with Crippen molar-refractivity contribution in [2.75, 3.05) is 6.54 Å². The van der Waals surface area contributed by atoms with Crippen LogP contribution >= 0.6 is 15.9 Å². The van der Waals surface area contributed by atoms with Crippen LogP contribution in [0, 0.1) is 0 Å². The Labute approximate surface area is 129 Å². The second-order valence-corrected chi connectivity index (χ2v) is 5.72. The molecule has 0 aliphatic carbocycles. The lowest BCUT2D eigenvalue weighted by atomic mass is 9.97. The van der Waals surface area contributed by atoms with Gasteiger partial charge in [-0.25, -0.2) is 0 Å². The normalized spacial score (nSPS) is 12.3. The molecular formula is C14H17BrF3NO2. The lowest BCUT2D eigenvalue weighted by molar-refractivity contribution is -0.138. The molecule has 0 saturated heterocycles. The maximum absolute atomic E-state index is 12.9. The first-order valence-corrected chi connectivity index (χ1v) is 7.29. The number of hydrogen-bond donors (Lipinski definition) is 2. The average Bonchev–Trinajstić information content (AvgIpc) is 2.43. The SMILES string of the molecule is CCC(O)(CC)CNC(=O)c1ccc(Br)cc1C(F)(F)F. The van der Waals surface area contributed by atoms with E-state index in [1.165, 1.54) is 6.07 Å². The molecular weight excluding hydrogens is 351 g/mol. The van der Waals surface area contributed by atoms with Crippen LogP contribution in [0.15, 0.2) is 22.7 Å². The summed E-state index contributed by atoms with van der Waals surface area (Å²) in [5, 5.41) is 12.4. The monoisotopic (exact) mass is 367 g/mol. The fourth-order valence-electron chi connectivity index (χ4n) is 1.79. The second kappa shape index (κ2) is 6.79. The molecule has 21 heavy (non-hydrogen) atoms. The van der Waals surface area contributed by atoms with E-state index in [2.05, 4.69) is 21.2 Å². The minimum atomic E-state index is -4.62. The number of carbonyl (C=O) groups excluding carboxylic acids is 1. The van der Waals surface area contributed by atoms with E-state index in [1.54, 1.807) is 13.8 Å². The van der Waals surface area contributed by atoms with Crippen molar-refractivity contribution in [1.82, 2.24) is 5.32 Å². The molecule has 0 spiro atoms. The minimum absolute atomic E-state index is 0.0911. The molecule has 0 atom stereocenters. The van der Waals surface area contributed by atoms with Gasteiger partial charge in [0.05, 0.1) is 16.7 Å². The molecule has 1 aromatic rings. The summed E-state index contributed by atoms with van der Waals surface area (Å²) in [4.78, 5) is 12.0. The Balaban J connectivity index is 2.98. The number of halogens is 4. The number of amides is 1. The minimum Gasteiger partial charge on any atom is -0.388 e. The van der Waals surface area contributed by atoms with Crippen molar-refractivity contribution in [2.45, 2.75) is 38.5 Å². The second-order valence-electron chi connectivity index (χ2n) is 4.80. The third-order valence-electron chi connectivity index (χ3n) is 3.43. The van der Waals surface area contributed by atoms with E-state index in [0.29, 0.717) is 12.8 Å². The van der Waals surface area contributed by atoms with Crippen molar-refractivity contribution >= 4 is 21.8 Å². The molecule has 2 N–H and O–H groups in total. The Kier molecular flexibility index (Phi) is 5.81. The third-order valence-corrected chi connectivity index (χ3v) is 3.92. The Hall–Kier alpha value is -1.08. The van der Waals surface area contributed by atoms with E-state index >= 15 is 0 Å². The van der Waals surface area contributed by atoms with Crippen LogP contribution in [-0.2, 0) is 6.18 Å². The molecule has 0 aliphatic heterocycles. The van der Waals surface area contributed by atoms with Crippen LogP contribution in [0.2, 0.25) is 0 Å². The molecule has 0 fully saturated rings. The Morgan fingerprint density at radius 2 is 1.86 bits per heavy atom. The molecule has 0 unspecified atom stereocenters. The van der Waals surface area contributed by atoms with Gasteiger partial charge >= 0.3 is 6.18 Å². The van der Waals surface area contributed by atoms with Crippen LogP contribution in [0.25, 0.3) is 0 Å². The predicted octanol–water partition coefficient (Wildman–Crippen LogP) is 3.75. The quantitative estimate of drug-likeness (QED) is 0.832. The summed E-state index contributed by atoms with van der Waals surface area (Å²) in [5.41, 5.74) is -2.57. The van der Waals surface area contributed by atoms with Crippen molar-refractivity contribution < 1.29 is 23.1 Å². The van der Waals surface area contributed by atoms with Crippen LogP contribution < -0.4 is 5.32 Å². The third kappa shape index (κ3) is 4.71. The van der Waals surface area contributed by atoms with E-state index in [4.69, 9.17) is 0 Å². The molecule has 3 nitrogen and oxygen atoms in total. The van der Waals surface area contributed by atoms with Crippen molar-refractivity contribution in [3.05, 3.63) is 33.8 Å². The molecule has 1 rings (SSSR count). The van der Waals surface area contributed by atoms with Crippen molar-refractivity contribution in [2.24, 2.45) is 0 Å². The fraction of sp³-hybridized carbons (Fsp3) is 0.500. The number of aliphatic hydroxyl groups is 1. The van der Waals surface area contributed by atoms with Crippen molar-refractivity contribution in [1.29, 1.82) is 0 Å². The summed E-state index contributed by atoms with van der Waals surface area (Å²) in [5.74, 6) is -0.852. The molecule has 0 aliphatic rings. The number of carbonyl (C=O) groups is 1. The highest BCUT2D eigenvalue weighted by atomic mass is 79.9. The Morgan fingerprint density at radius 1 is 1.29 bits per heavy atom. The fourth-order valence-corrected chi connectivity index (χ4v) is 2.15. The van der Waals surface area contributed by atoms with Crippen LogP contribution in [0.1, 0.15) is 42.6 Å². The summed E-state index contributed by atoms with van der Waals surface area (Å²) < 4.78 is 39.1. The van der Waals surface area contributed by atoms with E-state index in [0.717, 1.165) is 12.1 Å². The maximum Gasteiger partial charge on any atom is 0.417 e. The zero-order valence-electron chi connectivity index (χ0n) is 11.7. The summed E-state index contributed by atoms with van der Waals surface area (Å²) in [6.45, 7) is 3.40. The molecule has 1 amide bonds. The molecule has 7 heteroatoms. The molecule has 118 valence electrons. The van der Waals surface area contributed by atoms with Gasteiger partial charge in [0.2, 0.25) is 0 Å². The highest BCUT2D eigenvalue weighted by Gasteiger charge is 2.35. The molecule has 1 aromatic carbocycles. The smallest absolute Gasteiger partial charge is 0.388 e.